The van der Waals surface area contributed by atoms with Crippen molar-refractivity contribution in [3.8, 4) is 11.1 Å². The summed E-state index contributed by atoms with van der Waals surface area (Å²) in [4.78, 5) is 37.9. The zero-order chi connectivity index (χ0) is 24.0. The molecule has 3 rings (SSSR count). The van der Waals surface area contributed by atoms with Crippen molar-refractivity contribution >= 4 is 18.0 Å². The fourth-order valence-electron chi connectivity index (χ4n) is 4.10. The zero-order valence-electron chi connectivity index (χ0n) is 19.2. The van der Waals surface area contributed by atoms with Crippen LogP contribution in [0.5, 0.6) is 0 Å². The zero-order valence-corrected chi connectivity index (χ0v) is 19.2. The second kappa shape index (κ2) is 11.0. The number of carboxylic acids is 1. The van der Waals surface area contributed by atoms with Crippen molar-refractivity contribution < 1.29 is 24.2 Å². The van der Waals surface area contributed by atoms with Crippen molar-refractivity contribution in [2.75, 3.05) is 27.2 Å². The number of fused-ring (bicyclic) bond motifs is 3. The molecule has 0 radical (unpaired) electrons. The molecule has 0 saturated carbocycles. The number of likely N-dealkylation sites (N-methyl/N-ethyl adjacent to an activating group) is 1. The van der Waals surface area contributed by atoms with Gasteiger partial charge in [-0.25, -0.2) is 4.79 Å². The van der Waals surface area contributed by atoms with Gasteiger partial charge in [0.15, 0.2) is 0 Å². The molecular formula is C25H31N3O5. The molecule has 1 unspecified atom stereocenters. The molecule has 0 aliphatic heterocycles. The van der Waals surface area contributed by atoms with E-state index in [1.54, 1.807) is 25.9 Å². The van der Waals surface area contributed by atoms with E-state index in [-0.39, 0.29) is 37.4 Å². The molecule has 176 valence electrons. The first-order chi connectivity index (χ1) is 15.8. The summed E-state index contributed by atoms with van der Waals surface area (Å²) in [6.45, 7) is 2.17. The molecule has 2 atom stereocenters. The third-order valence-electron chi connectivity index (χ3n) is 5.68. The summed E-state index contributed by atoms with van der Waals surface area (Å²) in [6, 6.07) is 15.0. The minimum absolute atomic E-state index is 0.0421. The third-order valence-corrected chi connectivity index (χ3v) is 5.68. The Labute approximate surface area is 193 Å². The molecule has 0 bridgehead atoms. The van der Waals surface area contributed by atoms with Crippen LogP contribution < -0.4 is 10.6 Å². The van der Waals surface area contributed by atoms with Crippen LogP contribution in [0.4, 0.5) is 4.79 Å². The average Bonchev–Trinajstić information content (AvgIpc) is 3.09. The number of amides is 2. The highest BCUT2D eigenvalue weighted by Crippen LogP contribution is 2.44. The fraction of sp³-hybridized carbons (Fsp3) is 0.400. The SMILES string of the molecule is CC(CCC(=O)O)NC(=O)[C@H](CN(C)C)NC(=O)OCC1c2ccccc2-c2ccccc21. The quantitative estimate of drug-likeness (QED) is 0.511. The number of carbonyl (C=O) groups excluding carboxylic acids is 2. The highest BCUT2D eigenvalue weighted by Gasteiger charge is 2.30. The van der Waals surface area contributed by atoms with E-state index in [4.69, 9.17) is 9.84 Å². The van der Waals surface area contributed by atoms with Crippen molar-refractivity contribution in [2.45, 2.75) is 37.8 Å². The number of benzene rings is 2. The highest BCUT2D eigenvalue weighted by molar-refractivity contribution is 5.86. The van der Waals surface area contributed by atoms with Gasteiger partial charge in [0.05, 0.1) is 0 Å². The van der Waals surface area contributed by atoms with Gasteiger partial charge in [0.25, 0.3) is 0 Å². The number of carboxylic acid groups (broad SMARTS) is 1. The van der Waals surface area contributed by atoms with Gasteiger partial charge in [0, 0.05) is 24.9 Å². The van der Waals surface area contributed by atoms with E-state index in [2.05, 4.69) is 22.8 Å². The lowest BCUT2D eigenvalue weighted by Gasteiger charge is -2.24. The Morgan fingerprint density at radius 1 is 1.00 bits per heavy atom. The molecule has 0 heterocycles. The van der Waals surface area contributed by atoms with Crippen molar-refractivity contribution in [3.05, 3.63) is 59.7 Å². The van der Waals surface area contributed by atoms with E-state index in [1.807, 2.05) is 36.4 Å². The average molecular weight is 454 g/mol. The number of nitrogens with zero attached hydrogens (tertiary/aromatic N) is 1. The van der Waals surface area contributed by atoms with Crippen LogP contribution in [-0.2, 0) is 14.3 Å². The van der Waals surface area contributed by atoms with E-state index in [1.165, 1.54) is 0 Å². The summed E-state index contributed by atoms with van der Waals surface area (Å²) in [7, 11) is 3.60. The molecule has 2 aromatic rings. The van der Waals surface area contributed by atoms with Gasteiger partial charge < -0.3 is 25.4 Å². The summed E-state index contributed by atoms with van der Waals surface area (Å²) < 4.78 is 5.56. The maximum absolute atomic E-state index is 12.7. The van der Waals surface area contributed by atoms with E-state index in [0.29, 0.717) is 6.42 Å². The van der Waals surface area contributed by atoms with Crippen LogP contribution in [0.1, 0.15) is 36.8 Å². The summed E-state index contributed by atoms with van der Waals surface area (Å²) in [5, 5.41) is 14.3. The van der Waals surface area contributed by atoms with Crippen LogP contribution in [-0.4, -0.2) is 67.3 Å². The maximum atomic E-state index is 12.7. The van der Waals surface area contributed by atoms with Gasteiger partial charge in [0.2, 0.25) is 5.91 Å². The first-order valence-corrected chi connectivity index (χ1v) is 11.0. The van der Waals surface area contributed by atoms with Gasteiger partial charge in [-0.05, 0) is 49.7 Å². The molecular weight excluding hydrogens is 422 g/mol. The Morgan fingerprint density at radius 2 is 1.58 bits per heavy atom. The number of rotatable bonds is 10. The Hall–Kier alpha value is -3.39. The molecule has 3 N–H and O–H groups in total. The molecule has 8 heteroatoms. The van der Waals surface area contributed by atoms with Gasteiger partial charge in [-0.1, -0.05) is 48.5 Å². The molecule has 2 amide bonds. The molecule has 0 fully saturated rings. The summed E-state index contributed by atoms with van der Waals surface area (Å²) >= 11 is 0. The van der Waals surface area contributed by atoms with E-state index < -0.39 is 18.1 Å². The van der Waals surface area contributed by atoms with Crippen molar-refractivity contribution in [3.63, 3.8) is 0 Å². The Bertz CT molecular complexity index is 962. The molecule has 0 aromatic heterocycles. The molecule has 8 nitrogen and oxygen atoms in total. The van der Waals surface area contributed by atoms with Crippen molar-refractivity contribution in [2.24, 2.45) is 0 Å². The van der Waals surface area contributed by atoms with Crippen LogP contribution >= 0.6 is 0 Å². The van der Waals surface area contributed by atoms with Crippen molar-refractivity contribution in [1.82, 2.24) is 15.5 Å². The Morgan fingerprint density at radius 3 is 2.12 bits per heavy atom. The van der Waals surface area contributed by atoms with Gasteiger partial charge >= 0.3 is 12.1 Å². The van der Waals surface area contributed by atoms with Gasteiger partial charge in [-0.3, -0.25) is 9.59 Å². The lowest BCUT2D eigenvalue weighted by atomic mass is 9.98. The van der Waals surface area contributed by atoms with Crippen molar-refractivity contribution in [1.29, 1.82) is 0 Å². The summed E-state index contributed by atoms with van der Waals surface area (Å²) in [5.74, 6) is -1.37. The molecule has 1 aliphatic rings. The normalized spacial score (nSPS) is 14.2. The summed E-state index contributed by atoms with van der Waals surface area (Å²) in [5.41, 5.74) is 4.51. The Balaban J connectivity index is 1.61. The van der Waals surface area contributed by atoms with E-state index >= 15 is 0 Å². The van der Waals surface area contributed by atoms with Crippen LogP contribution in [0.3, 0.4) is 0 Å². The molecule has 1 aliphatic carbocycles. The van der Waals surface area contributed by atoms with Crippen LogP contribution in [0.2, 0.25) is 0 Å². The minimum atomic E-state index is -0.919. The largest absolute Gasteiger partial charge is 0.481 e. The van der Waals surface area contributed by atoms with Crippen LogP contribution in [0.25, 0.3) is 11.1 Å². The predicted molar refractivity (Wildman–Crippen MR) is 125 cm³/mol. The second-order valence-corrected chi connectivity index (χ2v) is 8.63. The predicted octanol–water partition coefficient (Wildman–Crippen LogP) is 2.82. The maximum Gasteiger partial charge on any atom is 0.407 e. The number of alkyl carbamates (subject to hydrolysis) is 1. The lowest BCUT2D eigenvalue weighted by Crippen LogP contribution is -2.53. The standard InChI is InChI=1S/C25H31N3O5/c1-16(12-13-23(29)30)26-24(31)22(14-28(2)3)27-25(32)33-15-21-19-10-6-4-8-17(19)18-9-5-7-11-20(18)21/h4-11,16,21-22H,12-15H2,1-3H3,(H,26,31)(H,27,32)(H,29,30)/t16?,22-/m0/s1. The fourth-order valence-corrected chi connectivity index (χ4v) is 4.10. The summed E-state index contributed by atoms with van der Waals surface area (Å²) in [6.07, 6.45) is -0.405. The number of aliphatic carboxylic acids is 1. The molecule has 2 aromatic carbocycles. The monoisotopic (exact) mass is 453 g/mol. The van der Waals surface area contributed by atoms with Crippen LogP contribution in [0.15, 0.2) is 48.5 Å². The van der Waals surface area contributed by atoms with Gasteiger partial charge in [-0.2, -0.15) is 0 Å². The first kappa shape index (κ1) is 24.3. The Kier molecular flexibility index (Phi) is 8.06. The molecule has 0 saturated heterocycles. The topological polar surface area (TPSA) is 108 Å². The number of carbonyl (C=O) groups is 3. The molecule has 0 spiro atoms. The van der Waals surface area contributed by atoms with E-state index in [0.717, 1.165) is 22.3 Å². The minimum Gasteiger partial charge on any atom is -0.481 e. The number of ether oxygens (including phenoxy) is 1. The first-order valence-electron chi connectivity index (χ1n) is 11.0. The second-order valence-electron chi connectivity index (χ2n) is 8.63. The number of hydrogen-bond acceptors (Lipinski definition) is 5. The number of nitrogens with one attached hydrogen (secondary N) is 2. The van der Waals surface area contributed by atoms with Gasteiger partial charge in [0.1, 0.15) is 12.6 Å². The number of hydrogen-bond donors (Lipinski definition) is 3. The molecule has 33 heavy (non-hydrogen) atoms. The third kappa shape index (κ3) is 6.32. The highest BCUT2D eigenvalue weighted by atomic mass is 16.5. The van der Waals surface area contributed by atoms with E-state index in [9.17, 15) is 14.4 Å². The van der Waals surface area contributed by atoms with Gasteiger partial charge in [-0.15, -0.1) is 0 Å². The lowest BCUT2D eigenvalue weighted by molar-refractivity contribution is -0.137. The smallest absolute Gasteiger partial charge is 0.407 e. The van der Waals surface area contributed by atoms with Crippen LogP contribution in [0, 0.1) is 0 Å².